The molecule has 0 atom stereocenters. The number of anilines is 1. The Morgan fingerprint density at radius 1 is 1.32 bits per heavy atom. The number of aryl methyl sites for hydroxylation is 1. The Hall–Kier alpha value is -2.60. The van der Waals surface area contributed by atoms with Crippen LogP contribution in [0.15, 0.2) is 36.5 Å². The lowest BCUT2D eigenvalue weighted by Crippen LogP contribution is -2.21. The smallest absolute Gasteiger partial charge is 0.273 e. The molecule has 6 nitrogen and oxygen atoms in total. The van der Waals surface area contributed by atoms with Crippen LogP contribution in [0.3, 0.4) is 0 Å². The predicted octanol–water partition coefficient (Wildman–Crippen LogP) is 2.08. The molecule has 1 aromatic carbocycles. The molecule has 1 aromatic heterocycles. The molecule has 2 rings (SSSR count). The average molecular weight is 319 g/mol. The first-order chi connectivity index (χ1) is 10.5. The summed E-state index contributed by atoms with van der Waals surface area (Å²) in [4.78, 5) is 23.6. The van der Waals surface area contributed by atoms with Gasteiger partial charge in [-0.05, 0) is 17.7 Å². The van der Waals surface area contributed by atoms with Crippen molar-refractivity contribution in [2.75, 3.05) is 12.4 Å². The molecule has 2 aromatic rings. The number of nitrogens with zero attached hydrogens (tertiary/aromatic N) is 2. The number of aromatic nitrogens is 2. The lowest BCUT2D eigenvalue weighted by Gasteiger charge is -2.01. The van der Waals surface area contributed by atoms with Gasteiger partial charge in [0.1, 0.15) is 0 Å². The summed E-state index contributed by atoms with van der Waals surface area (Å²) in [5, 5.41) is 9.66. The third-order valence-corrected chi connectivity index (χ3v) is 3.19. The molecule has 7 heteroatoms. The average Bonchev–Trinajstić information content (AvgIpc) is 2.86. The lowest BCUT2D eigenvalue weighted by molar-refractivity contribution is -0.111. The van der Waals surface area contributed by atoms with Crippen LogP contribution in [0.25, 0.3) is 6.08 Å². The van der Waals surface area contributed by atoms with Crippen molar-refractivity contribution in [3.05, 3.63) is 52.8 Å². The zero-order chi connectivity index (χ0) is 16.1. The van der Waals surface area contributed by atoms with Crippen LogP contribution >= 0.6 is 11.6 Å². The van der Waals surface area contributed by atoms with Crippen LogP contribution in [0.1, 0.15) is 16.1 Å². The Labute approximate surface area is 132 Å². The first kappa shape index (κ1) is 15.8. The molecule has 0 aliphatic rings. The van der Waals surface area contributed by atoms with E-state index in [9.17, 15) is 9.59 Å². The van der Waals surface area contributed by atoms with Crippen molar-refractivity contribution in [1.82, 2.24) is 15.1 Å². The number of rotatable bonds is 4. The molecular formula is C15H15ClN4O2. The van der Waals surface area contributed by atoms with Gasteiger partial charge in [-0.15, -0.1) is 0 Å². The fourth-order valence-electron chi connectivity index (χ4n) is 1.82. The van der Waals surface area contributed by atoms with Crippen LogP contribution in [-0.2, 0) is 11.8 Å². The molecule has 0 saturated heterocycles. The van der Waals surface area contributed by atoms with Crippen LogP contribution in [0.4, 0.5) is 5.69 Å². The van der Waals surface area contributed by atoms with E-state index >= 15 is 0 Å². The van der Waals surface area contributed by atoms with E-state index in [0.29, 0.717) is 10.7 Å². The summed E-state index contributed by atoms with van der Waals surface area (Å²) < 4.78 is 1.46. The molecule has 0 radical (unpaired) electrons. The minimum Gasteiger partial charge on any atom is -0.354 e. The first-order valence-corrected chi connectivity index (χ1v) is 6.88. The van der Waals surface area contributed by atoms with Gasteiger partial charge in [0.05, 0.1) is 5.69 Å². The number of benzene rings is 1. The Bertz CT molecular complexity index is 737. The van der Waals surface area contributed by atoms with Gasteiger partial charge in [-0.3, -0.25) is 14.3 Å². The molecular weight excluding hydrogens is 304 g/mol. The van der Waals surface area contributed by atoms with Crippen molar-refractivity contribution >= 4 is 35.2 Å². The molecule has 2 amide bonds. The minimum absolute atomic E-state index is 0.157. The van der Waals surface area contributed by atoms with E-state index < -0.39 is 0 Å². The molecule has 0 fully saturated rings. The first-order valence-electron chi connectivity index (χ1n) is 6.50. The third kappa shape index (κ3) is 3.73. The highest BCUT2D eigenvalue weighted by Crippen LogP contribution is 2.17. The standard InChI is InChI=1S/C15H15ClN4O2/c1-17-15(22)14-12(9-20(2)19-14)18-13(21)8-7-10-5-3-4-6-11(10)16/h3-9H,1-2H3,(H,17,22)(H,18,21)/b8-7+. The van der Waals surface area contributed by atoms with Crippen LogP contribution < -0.4 is 10.6 Å². The molecule has 0 saturated carbocycles. The number of carbonyl (C=O) groups is 2. The predicted molar refractivity (Wildman–Crippen MR) is 85.7 cm³/mol. The highest BCUT2D eigenvalue weighted by Gasteiger charge is 2.15. The number of amides is 2. The maximum atomic E-state index is 12.0. The van der Waals surface area contributed by atoms with E-state index in [1.54, 1.807) is 31.5 Å². The third-order valence-electron chi connectivity index (χ3n) is 2.85. The van der Waals surface area contributed by atoms with E-state index in [-0.39, 0.29) is 17.5 Å². The topological polar surface area (TPSA) is 76.0 Å². The Kier molecular flexibility index (Phi) is 4.95. The molecule has 1 heterocycles. The normalized spacial score (nSPS) is 10.7. The van der Waals surface area contributed by atoms with Gasteiger partial charge in [0.25, 0.3) is 5.91 Å². The SMILES string of the molecule is CNC(=O)c1nn(C)cc1NC(=O)/C=C/c1ccccc1Cl. The van der Waals surface area contributed by atoms with Crippen LogP contribution in [0.2, 0.25) is 5.02 Å². The highest BCUT2D eigenvalue weighted by molar-refractivity contribution is 6.32. The quantitative estimate of drug-likeness (QED) is 0.847. The van der Waals surface area contributed by atoms with Gasteiger partial charge < -0.3 is 10.6 Å². The van der Waals surface area contributed by atoms with Crippen molar-refractivity contribution in [1.29, 1.82) is 0 Å². The van der Waals surface area contributed by atoms with Crippen LogP contribution in [0.5, 0.6) is 0 Å². The molecule has 0 aliphatic carbocycles. The van der Waals surface area contributed by atoms with Crippen molar-refractivity contribution in [2.24, 2.45) is 7.05 Å². The summed E-state index contributed by atoms with van der Waals surface area (Å²) in [5.41, 5.74) is 1.23. The molecule has 2 N–H and O–H groups in total. The zero-order valence-corrected chi connectivity index (χ0v) is 12.9. The molecule has 0 aliphatic heterocycles. The van der Waals surface area contributed by atoms with Gasteiger partial charge in [-0.25, -0.2) is 0 Å². The highest BCUT2D eigenvalue weighted by atomic mass is 35.5. The second kappa shape index (κ2) is 6.91. The van der Waals surface area contributed by atoms with Crippen molar-refractivity contribution < 1.29 is 9.59 Å². The summed E-state index contributed by atoms with van der Waals surface area (Å²) in [6.07, 6.45) is 4.52. The summed E-state index contributed by atoms with van der Waals surface area (Å²) in [7, 11) is 3.17. The van der Waals surface area contributed by atoms with E-state index in [1.165, 1.54) is 17.8 Å². The summed E-state index contributed by atoms with van der Waals surface area (Å²) in [6, 6.07) is 7.18. The number of halogens is 1. The Morgan fingerprint density at radius 2 is 2.05 bits per heavy atom. The summed E-state index contributed by atoms with van der Waals surface area (Å²) in [6.45, 7) is 0. The molecule has 22 heavy (non-hydrogen) atoms. The van der Waals surface area contributed by atoms with Crippen molar-refractivity contribution in [3.63, 3.8) is 0 Å². The number of hydrogen-bond donors (Lipinski definition) is 2. The van der Waals surface area contributed by atoms with Gasteiger partial charge in [0, 0.05) is 31.4 Å². The Balaban J connectivity index is 2.13. The van der Waals surface area contributed by atoms with Gasteiger partial charge in [-0.2, -0.15) is 5.10 Å². The van der Waals surface area contributed by atoms with Gasteiger partial charge in [-0.1, -0.05) is 29.8 Å². The largest absolute Gasteiger partial charge is 0.354 e. The molecule has 0 unspecified atom stereocenters. The summed E-state index contributed by atoms with van der Waals surface area (Å²) >= 11 is 6.01. The number of carbonyl (C=O) groups excluding carboxylic acids is 2. The molecule has 0 bridgehead atoms. The number of hydrogen-bond acceptors (Lipinski definition) is 3. The second-order valence-electron chi connectivity index (χ2n) is 4.49. The zero-order valence-electron chi connectivity index (χ0n) is 12.1. The van der Waals surface area contributed by atoms with E-state index in [4.69, 9.17) is 11.6 Å². The van der Waals surface area contributed by atoms with Crippen LogP contribution in [0, 0.1) is 0 Å². The summed E-state index contributed by atoms with van der Waals surface area (Å²) in [5.74, 6) is -0.746. The van der Waals surface area contributed by atoms with Gasteiger partial charge in [0.15, 0.2) is 5.69 Å². The van der Waals surface area contributed by atoms with Gasteiger partial charge >= 0.3 is 0 Å². The Morgan fingerprint density at radius 3 is 2.73 bits per heavy atom. The minimum atomic E-state index is -0.377. The van der Waals surface area contributed by atoms with E-state index in [1.807, 2.05) is 12.1 Å². The van der Waals surface area contributed by atoms with E-state index in [0.717, 1.165) is 5.56 Å². The molecule has 114 valence electrons. The van der Waals surface area contributed by atoms with E-state index in [2.05, 4.69) is 15.7 Å². The fraction of sp³-hybridized carbons (Fsp3) is 0.133. The maximum absolute atomic E-state index is 12.0. The second-order valence-corrected chi connectivity index (χ2v) is 4.90. The lowest BCUT2D eigenvalue weighted by atomic mass is 10.2. The van der Waals surface area contributed by atoms with Crippen molar-refractivity contribution in [2.45, 2.75) is 0 Å². The van der Waals surface area contributed by atoms with Gasteiger partial charge in [0.2, 0.25) is 5.91 Å². The maximum Gasteiger partial charge on any atom is 0.273 e. The number of nitrogens with one attached hydrogen (secondary N) is 2. The fourth-order valence-corrected chi connectivity index (χ4v) is 2.01. The monoisotopic (exact) mass is 318 g/mol. The molecule has 0 spiro atoms. The van der Waals surface area contributed by atoms with Crippen molar-refractivity contribution in [3.8, 4) is 0 Å². The van der Waals surface area contributed by atoms with Crippen LogP contribution in [-0.4, -0.2) is 28.6 Å².